The second kappa shape index (κ2) is 8.17. The molecule has 2 aromatic rings. The number of carbonyl (C=O) groups excluding carboxylic acids is 2. The maximum Gasteiger partial charge on any atom is 0.224 e. The summed E-state index contributed by atoms with van der Waals surface area (Å²) in [7, 11) is 0. The van der Waals surface area contributed by atoms with Crippen LogP contribution in [0.1, 0.15) is 35.4 Å². The number of nitrogens with one attached hydrogen (secondary N) is 2. The van der Waals surface area contributed by atoms with E-state index in [4.69, 9.17) is 0 Å². The molecular weight excluding hydrogens is 328 g/mol. The fraction of sp³-hybridized carbons (Fsp3) is 0.450. The van der Waals surface area contributed by atoms with Gasteiger partial charge in [-0.3, -0.25) is 14.7 Å². The average Bonchev–Trinajstić information content (AvgIpc) is 3.14. The Morgan fingerprint density at radius 2 is 2.04 bits per heavy atom. The fourth-order valence-electron chi connectivity index (χ4n) is 3.30. The van der Waals surface area contributed by atoms with E-state index in [1.165, 1.54) is 5.56 Å². The summed E-state index contributed by atoms with van der Waals surface area (Å²) in [6.45, 7) is 5.27. The summed E-state index contributed by atoms with van der Waals surface area (Å²) >= 11 is 0. The normalized spacial score (nSPS) is 16.9. The zero-order valence-corrected chi connectivity index (χ0v) is 15.4. The summed E-state index contributed by atoms with van der Waals surface area (Å²) in [6, 6.07) is 10.0. The molecule has 0 unspecified atom stereocenters. The molecule has 1 saturated heterocycles. The first-order chi connectivity index (χ1) is 12.5. The Balaban J connectivity index is 1.43. The molecule has 0 bridgehead atoms. The molecule has 3 rings (SSSR count). The van der Waals surface area contributed by atoms with Gasteiger partial charge in [-0.1, -0.05) is 30.3 Å². The Labute approximate surface area is 154 Å². The standard InChI is InChI=1S/C20H26N4O2/c1-14-15(2)22-23-18(14)8-9-19(25)21-17-12-20(26)24(13-17)11-10-16-6-4-3-5-7-16/h3-7,17H,8-13H2,1-2H3,(H,21,25)(H,22,23)/t17-/m1/s1. The van der Waals surface area contributed by atoms with Crippen molar-refractivity contribution in [2.45, 2.75) is 45.6 Å². The first-order valence-electron chi connectivity index (χ1n) is 9.14. The number of likely N-dealkylation sites (tertiary alicyclic amines) is 1. The van der Waals surface area contributed by atoms with Crippen LogP contribution in [0.3, 0.4) is 0 Å². The van der Waals surface area contributed by atoms with Gasteiger partial charge in [0.2, 0.25) is 11.8 Å². The lowest BCUT2D eigenvalue weighted by Crippen LogP contribution is -2.37. The van der Waals surface area contributed by atoms with Crippen LogP contribution in [0.15, 0.2) is 30.3 Å². The molecular formula is C20H26N4O2. The highest BCUT2D eigenvalue weighted by molar-refractivity contribution is 5.82. The van der Waals surface area contributed by atoms with Gasteiger partial charge in [0, 0.05) is 38.0 Å². The van der Waals surface area contributed by atoms with Crippen LogP contribution in [-0.4, -0.2) is 46.0 Å². The second-order valence-electron chi connectivity index (χ2n) is 6.96. The molecule has 1 aromatic heterocycles. The molecule has 1 aliphatic rings. The Bertz CT molecular complexity index is 769. The minimum Gasteiger partial charge on any atom is -0.351 e. The number of H-pyrrole nitrogens is 1. The number of carbonyl (C=O) groups is 2. The van der Waals surface area contributed by atoms with E-state index in [-0.39, 0.29) is 17.9 Å². The van der Waals surface area contributed by atoms with Crippen LogP contribution in [0, 0.1) is 13.8 Å². The van der Waals surface area contributed by atoms with E-state index in [9.17, 15) is 9.59 Å². The predicted octanol–water partition coefficient (Wildman–Crippen LogP) is 1.92. The molecule has 1 aromatic carbocycles. The average molecular weight is 354 g/mol. The van der Waals surface area contributed by atoms with Gasteiger partial charge in [0.15, 0.2) is 0 Å². The van der Waals surface area contributed by atoms with Crippen LogP contribution >= 0.6 is 0 Å². The molecule has 26 heavy (non-hydrogen) atoms. The van der Waals surface area contributed by atoms with E-state index in [0.29, 0.717) is 32.4 Å². The Hall–Kier alpha value is -2.63. The monoisotopic (exact) mass is 354 g/mol. The SMILES string of the molecule is Cc1[nH]nc(CCC(=O)N[C@@H]2CC(=O)N(CCc3ccccc3)C2)c1C. The third-order valence-electron chi connectivity index (χ3n) is 5.04. The molecule has 1 aliphatic heterocycles. The lowest BCUT2D eigenvalue weighted by Gasteiger charge is -2.17. The number of aromatic nitrogens is 2. The van der Waals surface area contributed by atoms with E-state index >= 15 is 0 Å². The summed E-state index contributed by atoms with van der Waals surface area (Å²) in [4.78, 5) is 26.2. The maximum atomic E-state index is 12.2. The zero-order chi connectivity index (χ0) is 18.5. The number of hydrogen-bond donors (Lipinski definition) is 2. The smallest absolute Gasteiger partial charge is 0.224 e. The van der Waals surface area contributed by atoms with Crippen molar-refractivity contribution in [3.05, 3.63) is 52.8 Å². The molecule has 6 heteroatoms. The molecule has 1 fully saturated rings. The van der Waals surface area contributed by atoms with Crippen LogP contribution in [0.2, 0.25) is 0 Å². The third kappa shape index (κ3) is 4.50. The van der Waals surface area contributed by atoms with E-state index in [1.54, 1.807) is 0 Å². The number of aryl methyl sites for hydroxylation is 2. The first kappa shape index (κ1) is 18.2. The van der Waals surface area contributed by atoms with Crippen LogP contribution in [-0.2, 0) is 22.4 Å². The van der Waals surface area contributed by atoms with Crippen molar-refractivity contribution in [1.29, 1.82) is 0 Å². The van der Waals surface area contributed by atoms with Gasteiger partial charge in [0.25, 0.3) is 0 Å². The summed E-state index contributed by atoms with van der Waals surface area (Å²) in [5, 5.41) is 10.2. The Morgan fingerprint density at radius 1 is 1.27 bits per heavy atom. The largest absolute Gasteiger partial charge is 0.351 e. The molecule has 0 spiro atoms. The number of nitrogens with zero attached hydrogens (tertiary/aromatic N) is 2. The first-order valence-corrected chi connectivity index (χ1v) is 9.14. The number of amides is 2. The summed E-state index contributed by atoms with van der Waals surface area (Å²) in [6.07, 6.45) is 2.23. The lowest BCUT2D eigenvalue weighted by atomic mass is 10.1. The quantitative estimate of drug-likeness (QED) is 0.797. The molecule has 2 amide bonds. The van der Waals surface area contributed by atoms with E-state index < -0.39 is 0 Å². The molecule has 2 N–H and O–H groups in total. The third-order valence-corrected chi connectivity index (χ3v) is 5.04. The zero-order valence-electron chi connectivity index (χ0n) is 15.4. The summed E-state index contributed by atoms with van der Waals surface area (Å²) < 4.78 is 0. The summed E-state index contributed by atoms with van der Waals surface area (Å²) in [5.74, 6) is 0.0952. The minimum atomic E-state index is -0.0900. The van der Waals surface area contributed by atoms with Gasteiger partial charge in [-0.25, -0.2) is 0 Å². The highest BCUT2D eigenvalue weighted by atomic mass is 16.2. The Morgan fingerprint density at radius 3 is 2.73 bits per heavy atom. The van der Waals surface area contributed by atoms with E-state index in [0.717, 1.165) is 23.4 Å². The molecule has 2 heterocycles. The molecule has 0 radical (unpaired) electrons. The van der Waals surface area contributed by atoms with Crippen molar-refractivity contribution in [2.75, 3.05) is 13.1 Å². The van der Waals surface area contributed by atoms with Crippen LogP contribution in [0.5, 0.6) is 0 Å². The van der Waals surface area contributed by atoms with Crippen LogP contribution < -0.4 is 5.32 Å². The van der Waals surface area contributed by atoms with Crippen molar-refractivity contribution in [3.63, 3.8) is 0 Å². The van der Waals surface area contributed by atoms with Gasteiger partial charge in [-0.15, -0.1) is 0 Å². The molecule has 0 aliphatic carbocycles. The summed E-state index contributed by atoms with van der Waals surface area (Å²) in [5.41, 5.74) is 4.30. The molecule has 6 nitrogen and oxygen atoms in total. The molecule has 0 saturated carbocycles. The van der Waals surface area contributed by atoms with Gasteiger partial charge < -0.3 is 10.2 Å². The van der Waals surface area contributed by atoms with E-state index in [2.05, 4.69) is 27.6 Å². The fourth-order valence-corrected chi connectivity index (χ4v) is 3.30. The Kier molecular flexibility index (Phi) is 5.71. The number of hydrogen-bond acceptors (Lipinski definition) is 3. The lowest BCUT2D eigenvalue weighted by molar-refractivity contribution is -0.127. The molecule has 1 atom stereocenters. The van der Waals surface area contributed by atoms with Gasteiger partial charge in [0.05, 0.1) is 11.7 Å². The second-order valence-corrected chi connectivity index (χ2v) is 6.96. The van der Waals surface area contributed by atoms with E-state index in [1.807, 2.05) is 36.9 Å². The van der Waals surface area contributed by atoms with Gasteiger partial charge >= 0.3 is 0 Å². The van der Waals surface area contributed by atoms with Crippen molar-refractivity contribution >= 4 is 11.8 Å². The number of aromatic amines is 1. The van der Waals surface area contributed by atoms with Crippen LogP contribution in [0.25, 0.3) is 0 Å². The van der Waals surface area contributed by atoms with Gasteiger partial charge in [-0.2, -0.15) is 5.10 Å². The number of benzene rings is 1. The topological polar surface area (TPSA) is 78.1 Å². The highest BCUT2D eigenvalue weighted by Crippen LogP contribution is 2.14. The number of rotatable bonds is 7. The van der Waals surface area contributed by atoms with Crippen molar-refractivity contribution in [1.82, 2.24) is 20.4 Å². The highest BCUT2D eigenvalue weighted by Gasteiger charge is 2.30. The van der Waals surface area contributed by atoms with Crippen molar-refractivity contribution in [2.24, 2.45) is 0 Å². The minimum absolute atomic E-state index is 0.0206. The van der Waals surface area contributed by atoms with Crippen molar-refractivity contribution in [3.8, 4) is 0 Å². The van der Waals surface area contributed by atoms with Crippen molar-refractivity contribution < 1.29 is 9.59 Å². The predicted molar refractivity (Wildman–Crippen MR) is 99.7 cm³/mol. The van der Waals surface area contributed by atoms with Gasteiger partial charge in [0.1, 0.15) is 0 Å². The maximum absolute atomic E-state index is 12.2. The van der Waals surface area contributed by atoms with Gasteiger partial charge in [-0.05, 0) is 31.4 Å². The molecule has 138 valence electrons. The van der Waals surface area contributed by atoms with Crippen LogP contribution in [0.4, 0.5) is 0 Å².